The molecule has 1 amide bonds. The van der Waals surface area contributed by atoms with E-state index in [4.69, 9.17) is 4.52 Å². The van der Waals surface area contributed by atoms with E-state index >= 15 is 0 Å². The van der Waals surface area contributed by atoms with Gasteiger partial charge in [0.05, 0.1) is 11.4 Å². The molecule has 4 rings (SSSR count). The molecule has 0 fully saturated rings. The highest BCUT2D eigenvalue weighted by molar-refractivity contribution is 8.00. The van der Waals surface area contributed by atoms with Crippen molar-refractivity contribution in [2.75, 3.05) is 5.32 Å². The Bertz CT molecular complexity index is 1210. The van der Waals surface area contributed by atoms with Gasteiger partial charge in [-0.3, -0.25) is 4.79 Å². The van der Waals surface area contributed by atoms with Crippen LogP contribution in [0.15, 0.2) is 56.7 Å². The lowest BCUT2D eigenvalue weighted by Gasteiger charge is -2.08. The van der Waals surface area contributed by atoms with Gasteiger partial charge in [-0.05, 0) is 32.4 Å². The van der Waals surface area contributed by atoms with Crippen LogP contribution < -0.4 is 5.32 Å². The first-order valence-electron chi connectivity index (χ1n) is 10.3. The van der Waals surface area contributed by atoms with Gasteiger partial charge < -0.3 is 9.84 Å². The molecule has 4 aromatic rings. The van der Waals surface area contributed by atoms with E-state index in [9.17, 15) is 4.79 Å². The number of thiazole rings is 1. The summed E-state index contributed by atoms with van der Waals surface area (Å²) in [5, 5.41) is 9.03. The fraction of sp³-hybridized carbons (Fsp3) is 0.250. The third-order valence-corrected chi connectivity index (χ3v) is 6.90. The summed E-state index contributed by atoms with van der Waals surface area (Å²) in [6, 6.07) is 14.3. The zero-order valence-corrected chi connectivity index (χ0v) is 19.8. The number of thioether (sulfide) groups is 1. The van der Waals surface area contributed by atoms with Gasteiger partial charge >= 0.3 is 0 Å². The number of benzene rings is 2. The molecule has 0 saturated carbocycles. The molecule has 164 valence electrons. The van der Waals surface area contributed by atoms with E-state index in [2.05, 4.69) is 57.0 Å². The number of anilines is 1. The molecular formula is C24H24N4O2S2. The predicted molar refractivity (Wildman–Crippen MR) is 129 cm³/mol. The summed E-state index contributed by atoms with van der Waals surface area (Å²) in [4.78, 5) is 21.4. The van der Waals surface area contributed by atoms with Crippen molar-refractivity contribution in [1.29, 1.82) is 0 Å². The standard InChI is InChI=1S/C24H24N4O2S2/c1-15-4-7-18(8-5-15)20-13-31-24(26-20)32-14-21-27-23(30-28-21)11-10-22(29)25-19-9-6-16(2)12-17(19)3/h4-9,12-13H,10-11,14H2,1-3H3,(H,25,29). The van der Waals surface area contributed by atoms with Gasteiger partial charge in [-0.25, -0.2) is 4.98 Å². The van der Waals surface area contributed by atoms with Gasteiger partial charge in [-0.2, -0.15) is 4.98 Å². The second-order valence-electron chi connectivity index (χ2n) is 7.62. The Morgan fingerprint density at radius 3 is 2.62 bits per heavy atom. The topological polar surface area (TPSA) is 80.9 Å². The van der Waals surface area contributed by atoms with Crippen molar-refractivity contribution in [2.24, 2.45) is 0 Å². The molecule has 0 unspecified atom stereocenters. The lowest BCUT2D eigenvalue weighted by atomic mass is 10.1. The minimum absolute atomic E-state index is 0.0718. The molecule has 6 nitrogen and oxygen atoms in total. The number of rotatable bonds is 8. The Hall–Kier alpha value is -2.97. The molecule has 2 heterocycles. The minimum atomic E-state index is -0.0718. The van der Waals surface area contributed by atoms with Crippen LogP contribution in [0, 0.1) is 20.8 Å². The van der Waals surface area contributed by atoms with Crippen molar-refractivity contribution < 1.29 is 9.32 Å². The Morgan fingerprint density at radius 1 is 1.06 bits per heavy atom. The molecule has 0 aliphatic heterocycles. The molecule has 0 atom stereocenters. The van der Waals surface area contributed by atoms with Crippen molar-refractivity contribution in [1.82, 2.24) is 15.1 Å². The number of hydrogen-bond acceptors (Lipinski definition) is 7. The van der Waals surface area contributed by atoms with Crippen LogP contribution in [0.1, 0.15) is 34.8 Å². The van der Waals surface area contributed by atoms with E-state index in [1.807, 2.05) is 32.0 Å². The number of carbonyl (C=O) groups excluding carboxylic acids is 1. The van der Waals surface area contributed by atoms with Crippen LogP contribution in [0.4, 0.5) is 5.69 Å². The third kappa shape index (κ3) is 5.83. The second-order valence-corrected chi connectivity index (χ2v) is 9.70. The molecule has 0 spiro atoms. The van der Waals surface area contributed by atoms with Crippen molar-refractivity contribution in [3.63, 3.8) is 0 Å². The SMILES string of the molecule is Cc1ccc(-c2csc(SCc3noc(CCC(=O)Nc4ccc(C)cc4C)n3)n2)cc1. The van der Waals surface area contributed by atoms with Gasteiger partial charge in [0.25, 0.3) is 0 Å². The van der Waals surface area contributed by atoms with Crippen LogP contribution in [0.25, 0.3) is 11.3 Å². The summed E-state index contributed by atoms with van der Waals surface area (Å²) < 4.78 is 6.27. The predicted octanol–water partition coefficient (Wildman–Crippen LogP) is 5.98. The number of aryl methyl sites for hydroxylation is 4. The van der Waals surface area contributed by atoms with Gasteiger partial charge in [-0.1, -0.05) is 64.4 Å². The first-order valence-corrected chi connectivity index (χ1v) is 12.2. The van der Waals surface area contributed by atoms with Gasteiger partial charge in [-0.15, -0.1) is 11.3 Å². The molecule has 0 bridgehead atoms. The van der Waals surface area contributed by atoms with Crippen molar-refractivity contribution >= 4 is 34.7 Å². The summed E-state index contributed by atoms with van der Waals surface area (Å²) >= 11 is 3.18. The number of aromatic nitrogens is 3. The van der Waals surface area contributed by atoms with Crippen LogP contribution >= 0.6 is 23.1 Å². The first-order chi connectivity index (χ1) is 15.5. The normalized spacial score (nSPS) is 11.0. The van der Waals surface area contributed by atoms with Gasteiger partial charge in [0, 0.05) is 29.5 Å². The highest BCUT2D eigenvalue weighted by Gasteiger charge is 2.12. The summed E-state index contributed by atoms with van der Waals surface area (Å²) in [5.74, 6) is 1.57. The number of carbonyl (C=O) groups is 1. The smallest absolute Gasteiger partial charge is 0.227 e. The van der Waals surface area contributed by atoms with E-state index in [1.54, 1.807) is 23.1 Å². The molecule has 32 heavy (non-hydrogen) atoms. The zero-order chi connectivity index (χ0) is 22.5. The molecule has 2 aromatic heterocycles. The Balaban J connectivity index is 1.26. The highest BCUT2D eigenvalue weighted by atomic mass is 32.2. The maximum absolute atomic E-state index is 12.3. The number of nitrogens with one attached hydrogen (secondary N) is 1. The largest absolute Gasteiger partial charge is 0.339 e. The lowest BCUT2D eigenvalue weighted by molar-refractivity contribution is -0.116. The van der Waals surface area contributed by atoms with E-state index in [-0.39, 0.29) is 12.3 Å². The summed E-state index contributed by atoms with van der Waals surface area (Å²) in [6.07, 6.45) is 0.692. The lowest BCUT2D eigenvalue weighted by Crippen LogP contribution is -2.13. The molecule has 2 aromatic carbocycles. The zero-order valence-electron chi connectivity index (χ0n) is 18.2. The molecule has 1 N–H and O–H groups in total. The maximum atomic E-state index is 12.3. The molecule has 0 aliphatic rings. The average Bonchev–Trinajstić information content (AvgIpc) is 3.43. The van der Waals surface area contributed by atoms with E-state index in [1.165, 1.54) is 11.1 Å². The van der Waals surface area contributed by atoms with Crippen LogP contribution in [0.5, 0.6) is 0 Å². The number of amides is 1. The van der Waals surface area contributed by atoms with Crippen LogP contribution in [-0.2, 0) is 17.0 Å². The van der Waals surface area contributed by atoms with Crippen molar-refractivity contribution in [2.45, 2.75) is 43.7 Å². The fourth-order valence-electron chi connectivity index (χ4n) is 3.14. The molecule has 0 radical (unpaired) electrons. The summed E-state index contributed by atoms with van der Waals surface area (Å²) in [7, 11) is 0. The van der Waals surface area contributed by atoms with Crippen LogP contribution in [-0.4, -0.2) is 21.0 Å². The second kappa shape index (κ2) is 10.1. The van der Waals surface area contributed by atoms with Crippen molar-refractivity contribution in [3.05, 3.63) is 76.3 Å². The van der Waals surface area contributed by atoms with Gasteiger partial charge in [0.1, 0.15) is 0 Å². The summed E-state index contributed by atoms with van der Waals surface area (Å²) in [6.45, 7) is 6.08. The molecular weight excluding hydrogens is 440 g/mol. The van der Waals surface area contributed by atoms with Gasteiger partial charge in [0.2, 0.25) is 11.8 Å². The molecule has 0 saturated heterocycles. The molecule has 8 heteroatoms. The van der Waals surface area contributed by atoms with Gasteiger partial charge in [0.15, 0.2) is 10.2 Å². The Labute approximate surface area is 195 Å². The minimum Gasteiger partial charge on any atom is -0.339 e. The average molecular weight is 465 g/mol. The maximum Gasteiger partial charge on any atom is 0.227 e. The van der Waals surface area contributed by atoms with Crippen LogP contribution in [0.3, 0.4) is 0 Å². The van der Waals surface area contributed by atoms with Crippen LogP contribution in [0.2, 0.25) is 0 Å². The Kier molecular flexibility index (Phi) is 7.02. The number of nitrogens with zero attached hydrogens (tertiary/aromatic N) is 3. The summed E-state index contributed by atoms with van der Waals surface area (Å²) in [5.41, 5.74) is 6.36. The fourth-order valence-corrected chi connectivity index (χ4v) is 4.82. The monoisotopic (exact) mass is 464 g/mol. The van der Waals surface area contributed by atoms with Crippen molar-refractivity contribution in [3.8, 4) is 11.3 Å². The number of hydrogen-bond donors (Lipinski definition) is 1. The first kappa shape index (κ1) is 22.2. The van der Waals surface area contributed by atoms with E-state index < -0.39 is 0 Å². The van der Waals surface area contributed by atoms with E-state index in [0.717, 1.165) is 26.8 Å². The molecule has 0 aliphatic carbocycles. The Morgan fingerprint density at radius 2 is 1.84 bits per heavy atom. The quantitative estimate of drug-likeness (QED) is 0.323. The van der Waals surface area contributed by atoms with E-state index in [0.29, 0.717) is 23.9 Å². The third-order valence-electron chi connectivity index (χ3n) is 4.89. The highest BCUT2D eigenvalue weighted by Crippen LogP contribution is 2.30.